The Morgan fingerprint density at radius 1 is 1.57 bits per heavy atom. The molecule has 14 heavy (non-hydrogen) atoms. The molecule has 4 nitrogen and oxygen atoms in total. The van der Waals surface area contributed by atoms with Crippen molar-refractivity contribution in [3.8, 4) is 0 Å². The van der Waals surface area contributed by atoms with E-state index in [0.29, 0.717) is 5.92 Å². The smallest absolute Gasteiger partial charge is 0.125 e. The minimum Gasteiger partial charge on any atom is -0.395 e. The van der Waals surface area contributed by atoms with Crippen LogP contribution in [-0.4, -0.2) is 25.1 Å². The summed E-state index contributed by atoms with van der Waals surface area (Å²) < 4.78 is 0. The fourth-order valence-corrected chi connectivity index (χ4v) is 1.65. The minimum atomic E-state index is 0.284. The van der Waals surface area contributed by atoms with Gasteiger partial charge in [0, 0.05) is 18.3 Å². The minimum absolute atomic E-state index is 0.284. The van der Waals surface area contributed by atoms with Crippen molar-refractivity contribution < 1.29 is 9.68 Å². The van der Waals surface area contributed by atoms with Crippen molar-refractivity contribution in [1.29, 1.82) is 0 Å². The third kappa shape index (κ3) is 2.25. The molecule has 0 spiro atoms. The predicted octanol–water partition coefficient (Wildman–Crippen LogP) is 1.63. The lowest BCUT2D eigenvalue weighted by atomic mass is 9.94. The van der Waals surface area contributed by atoms with E-state index in [0.717, 1.165) is 38.2 Å². The van der Waals surface area contributed by atoms with Crippen molar-refractivity contribution >= 4 is 11.9 Å². The fourth-order valence-electron chi connectivity index (χ4n) is 1.65. The van der Waals surface area contributed by atoms with E-state index >= 15 is 0 Å². The molecule has 2 rings (SSSR count). The summed E-state index contributed by atoms with van der Waals surface area (Å²) in [4.78, 5) is 9.86. The molecule has 0 N–H and O–H groups in total. The largest absolute Gasteiger partial charge is 0.395 e. The Labute approximate surface area is 83.9 Å². The molecule has 0 aromatic rings. The van der Waals surface area contributed by atoms with Crippen LogP contribution in [0.15, 0.2) is 10.3 Å². The number of nitrogens with zero attached hydrogens (tertiary/aromatic N) is 2. The molecule has 2 aliphatic heterocycles. The lowest BCUT2D eigenvalue weighted by molar-refractivity contribution is 0.151. The van der Waals surface area contributed by atoms with E-state index in [4.69, 9.17) is 9.68 Å². The maximum Gasteiger partial charge on any atom is 0.125 e. The quantitative estimate of drug-likeness (QED) is 0.684. The Balaban J connectivity index is 1.71. The molecular formula is C10H15N2O2. The van der Waals surface area contributed by atoms with Gasteiger partial charge in [-0.3, -0.25) is 0 Å². The van der Waals surface area contributed by atoms with Crippen LogP contribution in [0.4, 0.5) is 0 Å². The average Bonchev–Trinajstić information content (AvgIpc) is 2.87. The molecule has 0 bridgehead atoms. The Bertz CT molecular complexity index is 251. The first kappa shape index (κ1) is 9.49. The van der Waals surface area contributed by atoms with Gasteiger partial charge in [-0.2, -0.15) is 0 Å². The van der Waals surface area contributed by atoms with Crippen LogP contribution in [0.5, 0.6) is 0 Å². The Morgan fingerprint density at radius 3 is 3.14 bits per heavy atom. The van der Waals surface area contributed by atoms with Crippen molar-refractivity contribution in [2.45, 2.75) is 19.3 Å². The predicted molar refractivity (Wildman–Crippen MR) is 54.0 cm³/mol. The molecular weight excluding hydrogens is 180 g/mol. The van der Waals surface area contributed by atoms with Crippen LogP contribution in [0, 0.1) is 18.8 Å². The number of hydrogen-bond donors (Lipinski definition) is 0. The van der Waals surface area contributed by atoms with Crippen LogP contribution in [0.1, 0.15) is 19.3 Å². The summed E-state index contributed by atoms with van der Waals surface area (Å²) >= 11 is 0. The Hall–Kier alpha value is -1.06. The molecule has 0 aromatic carbocycles. The fraction of sp³-hybridized carbons (Fsp3) is 0.700. The molecule has 0 aliphatic carbocycles. The molecule has 0 saturated heterocycles. The average molecular weight is 195 g/mol. The molecule has 2 heterocycles. The van der Waals surface area contributed by atoms with Crippen LogP contribution in [0.3, 0.4) is 0 Å². The van der Waals surface area contributed by atoms with Crippen molar-refractivity contribution in [2.24, 2.45) is 22.1 Å². The zero-order chi connectivity index (χ0) is 9.80. The van der Waals surface area contributed by atoms with Crippen LogP contribution in [0.2, 0.25) is 0 Å². The molecule has 0 aromatic heterocycles. The molecule has 0 amide bonds. The lowest BCUT2D eigenvalue weighted by Gasteiger charge is -2.10. The monoisotopic (exact) mass is 195 g/mol. The van der Waals surface area contributed by atoms with E-state index in [9.17, 15) is 0 Å². The van der Waals surface area contributed by atoms with Gasteiger partial charge in [0.25, 0.3) is 0 Å². The second-order valence-electron chi connectivity index (χ2n) is 3.75. The van der Waals surface area contributed by atoms with Crippen molar-refractivity contribution in [3.05, 3.63) is 6.92 Å². The molecule has 4 heteroatoms. The first-order chi connectivity index (χ1) is 6.86. The van der Waals surface area contributed by atoms with Gasteiger partial charge in [0.15, 0.2) is 0 Å². The number of rotatable bonds is 4. The maximum atomic E-state index is 4.95. The molecule has 2 aliphatic rings. The van der Waals surface area contributed by atoms with Gasteiger partial charge in [-0.25, -0.2) is 0 Å². The van der Waals surface area contributed by atoms with E-state index in [-0.39, 0.29) is 5.92 Å². The van der Waals surface area contributed by atoms with Gasteiger partial charge in [-0.1, -0.05) is 10.3 Å². The molecule has 2 atom stereocenters. The summed E-state index contributed by atoms with van der Waals surface area (Å²) in [6.07, 6.45) is 4.90. The summed E-state index contributed by atoms with van der Waals surface area (Å²) in [7, 11) is 0. The van der Waals surface area contributed by atoms with E-state index in [1.54, 1.807) is 0 Å². The van der Waals surface area contributed by atoms with E-state index in [1.165, 1.54) is 0 Å². The van der Waals surface area contributed by atoms with Crippen LogP contribution >= 0.6 is 0 Å². The first-order valence-electron chi connectivity index (χ1n) is 5.03. The van der Waals surface area contributed by atoms with Crippen LogP contribution < -0.4 is 0 Å². The van der Waals surface area contributed by atoms with Crippen molar-refractivity contribution in [2.75, 3.05) is 13.2 Å². The first-order valence-corrected chi connectivity index (χ1v) is 5.03. The lowest BCUT2D eigenvalue weighted by Crippen LogP contribution is -2.12. The molecule has 0 fully saturated rings. The van der Waals surface area contributed by atoms with Gasteiger partial charge in [-0.15, -0.1) is 0 Å². The van der Waals surface area contributed by atoms with Gasteiger partial charge < -0.3 is 9.68 Å². The van der Waals surface area contributed by atoms with Crippen LogP contribution in [0.25, 0.3) is 0 Å². The van der Waals surface area contributed by atoms with Gasteiger partial charge >= 0.3 is 0 Å². The SMILES string of the molecule is [CH2]C(CCC1C=NOC1)C1=NOCC1. The highest BCUT2D eigenvalue weighted by Crippen LogP contribution is 2.19. The molecule has 1 radical (unpaired) electrons. The number of oxime groups is 2. The van der Waals surface area contributed by atoms with E-state index in [1.807, 2.05) is 6.21 Å². The van der Waals surface area contributed by atoms with Gasteiger partial charge in [0.05, 0.1) is 11.9 Å². The van der Waals surface area contributed by atoms with E-state index < -0.39 is 0 Å². The zero-order valence-corrected chi connectivity index (χ0v) is 8.19. The normalized spacial score (nSPS) is 26.9. The van der Waals surface area contributed by atoms with Gasteiger partial charge in [-0.05, 0) is 19.8 Å². The Morgan fingerprint density at radius 2 is 2.50 bits per heavy atom. The topological polar surface area (TPSA) is 43.2 Å². The van der Waals surface area contributed by atoms with E-state index in [2.05, 4.69) is 17.2 Å². The summed E-state index contributed by atoms with van der Waals surface area (Å²) in [5.41, 5.74) is 1.10. The van der Waals surface area contributed by atoms with Crippen molar-refractivity contribution in [3.63, 3.8) is 0 Å². The summed E-state index contributed by atoms with van der Waals surface area (Å²) in [5.74, 6) is 0.744. The highest BCUT2D eigenvalue weighted by Gasteiger charge is 2.19. The maximum absolute atomic E-state index is 4.95. The Kier molecular flexibility index (Phi) is 3.01. The van der Waals surface area contributed by atoms with Gasteiger partial charge in [0.1, 0.15) is 13.2 Å². The summed E-state index contributed by atoms with van der Waals surface area (Å²) in [6.45, 7) is 5.52. The zero-order valence-electron chi connectivity index (χ0n) is 8.19. The highest BCUT2D eigenvalue weighted by atomic mass is 16.6. The molecule has 0 saturated carbocycles. The standard InChI is InChI=1S/C10H15N2O2/c1-8(10-4-5-13-12-10)2-3-9-6-11-14-7-9/h6,8-9H,1-5,7H2. The van der Waals surface area contributed by atoms with Gasteiger partial charge in [0.2, 0.25) is 0 Å². The second kappa shape index (κ2) is 4.44. The van der Waals surface area contributed by atoms with Crippen molar-refractivity contribution in [1.82, 2.24) is 0 Å². The number of hydrogen-bond acceptors (Lipinski definition) is 4. The molecule has 77 valence electrons. The third-order valence-corrected chi connectivity index (χ3v) is 2.62. The summed E-state index contributed by atoms with van der Waals surface area (Å²) in [5, 5.41) is 7.71. The third-order valence-electron chi connectivity index (χ3n) is 2.62. The summed E-state index contributed by atoms with van der Waals surface area (Å²) in [6, 6.07) is 0. The molecule has 2 unspecified atom stereocenters. The highest BCUT2D eigenvalue weighted by molar-refractivity contribution is 5.87. The second-order valence-corrected chi connectivity index (χ2v) is 3.75. The van der Waals surface area contributed by atoms with Crippen LogP contribution in [-0.2, 0) is 9.68 Å².